The fourth-order valence-corrected chi connectivity index (χ4v) is 2.25. The summed E-state index contributed by atoms with van der Waals surface area (Å²) in [5.41, 5.74) is 2.00. The van der Waals surface area contributed by atoms with Gasteiger partial charge >= 0.3 is 0 Å². The molecular formula is C17H18ClNOS. The predicted molar refractivity (Wildman–Crippen MR) is 92.2 cm³/mol. The van der Waals surface area contributed by atoms with Crippen LogP contribution in [0.2, 0.25) is 5.02 Å². The van der Waals surface area contributed by atoms with Gasteiger partial charge in [-0.3, -0.25) is 0 Å². The first-order chi connectivity index (χ1) is 10.2. The van der Waals surface area contributed by atoms with Gasteiger partial charge in [-0.25, -0.2) is 0 Å². The van der Waals surface area contributed by atoms with Gasteiger partial charge < -0.3 is 10.1 Å². The van der Waals surface area contributed by atoms with E-state index < -0.39 is 0 Å². The zero-order valence-electron chi connectivity index (χ0n) is 11.9. The van der Waals surface area contributed by atoms with E-state index in [0.29, 0.717) is 11.5 Å². The molecule has 0 aliphatic heterocycles. The minimum absolute atomic E-state index is 0.618. The van der Waals surface area contributed by atoms with E-state index in [-0.39, 0.29) is 0 Å². The maximum Gasteiger partial charge on any atom is 0.119 e. The summed E-state index contributed by atoms with van der Waals surface area (Å²) in [4.78, 5) is 0.706. The second-order valence-corrected chi connectivity index (χ2v) is 5.46. The van der Waals surface area contributed by atoms with Crippen molar-refractivity contribution in [3.05, 3.63) is 64.7 Å². The summed E-state index contributed by atoms with van der Waals surface area (Å²) in [7, 11) is 0. The third kappa shape index (κ3) is 4.73. The Bertz CT molecular complexity index is 598. The van der Waals surface area contributed by atoms with Gasteiger partial charge in [0.1, 0.15) is 10.7 Å². The molecule has 2 rings (SSSR count). The van der Waals surface area contributed by atoms with Crippen molar-refractivity contribution < 1.29 is 4.74 Å². The lowest BCUT2D eigenvalue weighted by molar-refractivity contribution is 0.317. The van der Waals surface area contributed by atoms with Crippen molar-refractivity contribution in [2.24, 2.45) is 0 Å². The Morgan fingerprint density at radius 3 is 2.52 bits per heavy atom. The van der Waals surface area contributed by atoms with Gasteiger partial charge in [0.25, 0.3) is 0 Å². The first-order valence-electron chi connectivity index (χ1n) is 6.95. The number of halogens is 1. The molecule has 0 aliphatic carbocycles. The molecule has 0 aromatic heterocycles. The summed E-state index contributed by atoms with van der Waals surface area (Å²) in [6.07, 6.45) is 1.000. The highest BCUT2D eigenvalue weighted by Gasteiger charge is 2.03. The smallest absolute Gasteiger partial charge is 0.119 e. The van der Waals surface area contributed by atoms with Crippen molar-refractivity contribution >= 4 is 28.8 Å². The van der Waals surface area contributed by atoms with E-state index in [9.17, 15) is 0 Å². The van der Waals surface area contributed by atoms with Gasteiger partial charge in [0.05, 0.1) is 6.61 Å². The molecule has 4 heteroatoms. The molecule has 0 aliphatic rings. The van der Waals surface area contributed by atoms with Crippen LogP contribution in [0.1, 0.15) is 24.5 Å². The standard InChI is InChI=1S/C17H18ClNOS/c1-2-11-20-15-9-7-13(8-10-15)17(21)19-12-14-5-3-4-6-16(14)18/h3-10H,2,11-12H2,1H3,(H,19,21). The molecule has 0 unspecified atom stereocenters. The van der Waals surface area contributed by atoms with Crippen molar-refractivity contribution in [2.75, 3.05) is 6.61 Å². The molecule has 0 saturated heterocycles. The lowest BCUT2D eigenvalue weighted by atomic mass is 10.2. The highest BCUT2D eigenvalue weighted by atomic mass is 35.5. The van der Waals surface area contributed by atoms with Gasteiger partial charge in [-0.1, -0.05) is 48.9 Å². The van der Waals surface area contributed by atoms with Crippen LogP contribution in [0.4, 0.5) is 0 Å². The predicted octanol–water partition coefficient (Wildman–Crippen LogP) is 4.59. The minimum Gasteiger partial charge on any atom is -0.494 e. The van der Waals surface area contributed by atoms with Crippen LogP contribution in [-0.4, -0.2) is 11.6 Å². The second kappa shape index (κ2) is 8.01. The van der Waals surface area contributed by atoms with Gasteiger partial charge in [-0.05, 0) is 42.3 Å². The molecule has 21 heavy (non-hydrogen) atoms. The third-order valence-electron chi connectivity index (χ3n) is 2.99. The average molecular weight is 320 g/mol. The van der Waals surface area contributed by atoms with Gasteiger partial charge in [-0.15, -0.1) is 0 Å². The van der Waals surface area contributed by atoms with E-state index in [2.05, 4.69) is 12.2 Å². The normalized spacial score (nSPS) is 10.2. The number of rotatable bonds is 6. The Labute approximate surface area is 136 Å². The summed E-state index contributed by atoms with van der Waals surface area (Å²) < 4.78 is 5.55. The SMILES string of the molecule is CCCOc1ccc(C(=S)NCc2ccccc2Cl)cc1. The summed E-state index contributed by atoms with van der Waals surface area (Å²) >= 11 is 11.5. The maximum absolute atomic E-state index is 6.12. The van der Waals surface area contributed by atoms with E-state index in [1.54, 1.807) is 0 Å². The van der Waals surface area contributed by atoms with Crippen molar-refractivity contribution in [2.45, 2.75) is 19.9 Å². The summed E-state index contributed by atoms with van der Waals surface area (Å²) in [5.74, 6) is 0.870. The summed E-state index contributed by atoms with van der Waals surface area (Å²) in [5, 5.41) is 3.97. The Hall–Kier alpha value is -1.58. The maximum atomic E-state index is 6.12. The Balaban J connectivity index is 1.93. The van der Waals surface area contributed by atoms with Crippen LogP contribution in [0.25, 0.3) is 0 Å². The van der Waals surface area contributed by atoms with Crippen molar-refractivity contribution in [1.29, 1.82) is 0 Å². The van der Waals surface area contributed by atoms with E-state index in [0.717, 1.165) is 34.9 Å². The molecule has 1 N–H and O–H groups in total. The van der Waals surface area contributed by atoms with Gasteiger partial charge in [0.15, 0.2) is 0 Å². The molecule has 0 amide bonds. The Morgan fingerprint density at radius 1 is 1.14 bits per heavy atom. The van der Waals surface area contributed by atoms with Crippen LogP contribution in [0, 0.1) is 0 Å². The molecule has 0 saturated carbocycles. The Kier molecular flexibility index (Phi) is 6.03. The number of nitrogens with one attached hydrogen (secondary N) is 1. The quantitative estimate of drug-likeness (QED) is 0.787. The zero-order valence-corrected chi connectivity index (χ0v) is 13.5. The van der Waals surface area contributed by atoms with Gasteiger partial charge in [0, 0.05) is 17.1 Å². The van der Waals surface area contributed by atoms with E-state index in [1.165, 1.54) is 0 Å². The third-order valence-corrected chi connectivity index (χ3v) is 3.74. The highest BCUT2D eigenvalue weighted by molar-refractivity contribution is 7.80. The number of hydrogen-bond acceptors (Lipinski definition) is 2. The van der Waals surface area contributed by atoms with Crippen LogP contribution in [0.3, 0.4) is 0 Å². The van der Waals surface area contributed by atoms with Gasteiger partial charge in [0.2, 0.25) is 0 Å². The summed E-state index contributed by atoms with van der Waals surface area (Å²) in [6, 6.07) is 15.6. The van der Waals surface area contributed by atoms with Crippen LogP contribution in [0.15, 0.2) is 48.5 Å². The van der Waals surface area contributed by atoms with E-state index in [4.69, 9.17) is 28.6 Å². The molecular weight excluding hydrogens is 302 g/mol. The van der Waals surface area contributed by atoms with Crippen molar-refractivity contribution in [1.82, 2.24) is 5.32 Å². The highest BCUT2D eigenvalue weighted by Crippen LogP contribution is 2.16. The minimum atomic E-state index is 0.618. The fourth-order valence-electron chi connectivity index (χ4n) is 1.84. The molecule has 110 valence electrons. The molecule has 0 atom stereocenters. The first kappa shape index (κ1) is 15.8. The monoisotopic (exact) mass is 319 g/mol. The largest absolute Gasteiger partial charge is 0.494 e. The molecule has 0 heterocycles. The zero-order chi connectivity index (χ0) is 15.1. The number of ether oxygens (including phenoxy) is 1. The molecule has 0 bridgehead atoms. The van der Waals surface area contributed by atoms with Crippen molar-refractivity contribution in [3.63, 3.8) is 0 Å². The van der Waals surface area contributed by atoms with Gasteiger partial charge in [-0.2, -0.15) is 0 Å². The Morgan fingerprint density at radius 2 is 1.86 bits per heavy atom. The van der Waals surface area contributed by atoms with Crippen LogP contribution >= 0.6 is 23.8 Å². The number of benzene rings is 2. The molecule has 0 radical (unpaired) electrons. The van der Waals surface area contributed by atoms with Crippen molar-refractivity contribution in [3.8, 4) is 5.75 Å². The molecule has 2 aromatic carbocycles. The molecule has 2 nitrogen and oxygen atoms in total. The van der Waals surface area contributed by atoms with E-state index in [1.807, 2.05) is 48.5 Å². The second-order valence-electron chi connectivity index (χ2n) is 4.65. The molecule has 2 aromatic rings. The molecule has 0 fully saturated rings. The van der Waals surface area contributed by atoms with Crippen LogP contribution in [0.5, 0.6) is 5.75 Å². The van der Waals surface area contributed by atoms with Crippen LogP contribution < -0.4 is 10.1 Å². The topological polar surface area (TPSA) is 21.3 Å². The fraction of sp³-hybridized carbons (Fsp3) is 0.235. The summed E-state index contributed by atoms with van der Waals surface area (Å²) in [6.45, 7) is 3.43. The first-order valence-corrected chi connectivity index (χ1v) is 7.74. The average Bonchev–Trinajstić information content (AvgIpc) is 2.52. The number of thiocarbonyl (C=S) groups is 1. The lowest BCUT2D eigenvalue weighted by Gasteiger charge is -2.10. The van der Waals surface area contributed by atoms with E-state index >= 15 is 0 Å². The lowest BCUT2D eigenvalue weighted by Crippen LogP contribution is -2.21. The van der Waals surface area contributed by atoms with Crippen LogP contribution in [-0.2, 0) is 6.54 Å². The molecule has 0 spiro atoms. The number of hydrogen-bond donors (Lipinski definition) is 1.